The average molecular weight is 431 g/mol. The highest BCUT2D eigenvalue weighted by Gasteiger charge is 2.30. The maximum Gasteiger partial charge on any atom is 0.416 e. The van der Waals surface area contributed by atoms with Gasteiger partial charge in [0.25, 0.3) is 5.56 Å². The van der Waals surface area contributed by atoms with E-state index in [4.69, 9.17) is 4.74 Å². The van der Waals surface area contributed by atoms with Crippen LogP contribution in [0.4, 0.5) is 13.2 Å². The minimum atomic E-state index is -4.43. The number of phenols is 1. The molecule has 31 heavy (non-hydrogen) atoms. The van der Waals surface area contributed by atoms with Gasteiger partial charge in [0.15, 0.2) is 0 Å². The third kappa shape index (κ3) is 4.41. The van der Waals surface area contributed by atoms with E-state index >= 15 is 0 Å². The van der Waals surface area contributed by atoms with Gasteiger partial charge in [-0.3, -0.25) is 9.69 Å². The molecule has 0 saturated heterocycles. The monoisotopic (exact) mass is 431 g/mol. The van der Waals surface area contributed by atoms with Crippen molar-refractivity contribution in [3.8, 4) is 22.9 Å². The number of ether oxygens (including phenoxy) is 1. The molecule has 0 bridgehead atoms. The third-order valence-corrected chi connectivity index (χ3v) is 5.32. The van der Waals surface area contributed by atoms with Crippen LogP contribution in [0.5, 0.6) is 11.5 Å². The largest absolute Gasteiger partial charge is 0.507 e. The van der Waals surface area contributed by atoms with E-state index in [0.29, 0.717) is 48.6 Å². The number of hydrogen-bond acceptors (Lipinski definition) is 5. The molecule has 1 aromatic heterocycles. The maximum atomic E-state index is 12.8. The zero-order valence-corrected chi connectivity index (χ0v) is 16.7. The van der Waals surface area contributed by atoms with Gasteiger partial charge in [0, 0.05) is 42.4 Å². The second kappa shape index (κ2) is 8.07. The first-order chi connectivity index (χ1) is 14.7. The molecular formula is C22H20F3N3O3. The maximum absolute atomic E-state index is 12.8. The molecule has 4 rings (SSSR count). The predicted molar refractivity (Wildman–Crippen MR) is 108 cm³/mol. The highest BCUT2D eigenvalue weighted by atomic mass is 19.4. The Morgan fingerprint density at radius 2 is 1.94 bits per heavy atom. The molecule has 0 unspecified atom stereocenters. The van der Waals surface area contributed by atoms with E-state index in [-0.39, 0.29) is 17.1 Å². The number of H-pyrrole nitrogens is 1. The number of phenolic OH excluding ortho intramolecular Hbond substituents is 1. The van der Waals surface area contributed by atoms with Crippen LogP contribution in [0.25, 0.3) is 11.4 Å². The topological polar surface area (TPSA) is 78.5 Å². The minimum absolute atomic E-state index is 0.120. The van der Waals surface area contributed by atoms with E-state index in [0.717, 1.165) is 17.7 Å². The number of hydrogen-bond donors (Lipinski definition) is 2. The summed E-state index contributed by atoms with van der Waals surface area (Å²) in [6, 6.07) is 9.61. The third-order valence-electron chi connectivity index (χ3n) is 5.32. The molecule has 0 radical (unpaired) electrons. The van der Waals surface area contributed by atoms with Crippen LogP contribution in [-0.4, -0.2) is 33.6 Å². The van der Waals surface area contributed by atoms with Crippen LogP contribution in [0, 0.1) is 0 Å². The van der Waals surface area contributed by atoms with Crippen molar-refractivity contribution in [1.29, 1.82) is 0 Å². The number of aromatic amines is 1. The molecular weight excluding hydrogens is 411 g/mol. The fourth-order valence-electron chi connectivity index (χ4n) is 3.63. The van der Waals surface area contributed by atoms with Gasteiger partial charge in [0.2, 0.25) is 0 Å². The summed E-state index contributed by atoms with van der Waals surface area (Å²) < 4.78 is 43.5. The standard InChI is InChI=1S/C22H20F3N3O3/c1-31-16-7-4-14(19(29)10-16)11-28-9-8-17-18(12-28)26-20(27-21(17)30)13-2-5-15(6-3-13)22(23,24)25/h2-7,10,29H,8-9,11-12H2,1H3,(H,26,27,30). The Kier molecular flexibility index (Phi) is 5.45. The number of methoxy groups -OCH3 is 1. The van der Waals surface area contributed by atoms with Crippen molar-refractivity contribution in [3.05, 3.63) is 75.2 Å². The van der Waals surface area contributed by atoms with E-state index in [1.54, 1.807) is 18.2 Å². The van der Waals surface area contributed by atoms with Gasteiger partial charge in [-0.25, -0.2) is 4.98 Å². The predicted octanol–water partition coefficient (Wildman–Crippen LogP) is 3.73. The van der Waals surface area contributed by atoms with Crippen molar-refractivity contribution in [3.63, 3.8) is 0 Å². The molecule has 1 aliphatic heterocycles. The van der Waals surface area contributed by atoms with Crippen LogP contribution >= 0.6 is 0 Å². The van der Waals surface area contributed by atoms with Gasteiger partial charge < -0.3 is 14.8 Å². The Hall–Kier alpha value is -3.33. The Morgan fingerprint density at radius 3 is 2.58 bits per heavy atom. The number of alkyl halides is 3. The molecule has 0 amide bonds. The summed E-state index contributed by atoms with van der Waals surface area (Å²) in [5.41, 5.74) is 1.23. The number of nitrogens with one attached hydrogen (secondary N) is 1. The van der Waals surface area contributed by atoms with E-state index in [2.05, 4.69) is 9.97 Å². The normalized spacial score (nSPS) is 14.3. The molecule has 0 aliphatic carbocycles. The smallest absolute Gasteiger partial charge is 0.416 e. The molecule has 9 heteroatoms. The second-order valence-corrected chi connectivity index (χ2v) is 7.37. The number of aromatic hydroxyl groups is 1. The van der Waals surface area contributed by atoms with Crippen molar-refractivity contribution >= 4 is 0 Å². The van der Waals surface area contributed by atoms with Crippen LogP contribution in [0.2, 0.25) is 0 Å². The summed E-state index contributed by atoms with van der Waals surface area (Å²) in [5.74, 6) is 0.903. The first-order valence-electron chi connectivity index (χ1n) is 9.62. The summed E-state index contributed by atoms with van der Waals surface area (Å²) >= 11 is 0. The zero-order valence-electron chi connectivity index (χ0n) is 16.7. The Morgan fingerprint density at radius 1 is 1.19 bits per heavy atom. The summed E-state index contributed by atoms with van der Waals surface area (Å²) in [7, 11) is 1.52. The molecule has 2 aromatic carbocycles. The van der Waals surface area contributed by atoms with Gasteiger partial charge in [-0.2, -0.15) is 13.2 Å². The fourth-order valence-corrected chi connectivity index (χ4v) is 3.63. The number of halogens is 3. The fraction of sp³-hybridized carbons (Fsp3) is 0.273. The Balaban J connectivity index is 1.58. The molecule has 3 aromatic rings. The number of benzene rings is 2. The second-order valence-electron chi connectivity index (χ2n) is 7.37. The molecule has 0 spiro atoms. The van der Waals surface area contributed by atoms with Gasteiger partial charge in [-0.15, -0.1) is 0 Å². The van der Waals surface area contributed by atoms with E-state index in [9.17, 15) is 23.1 Å². The van der Waals surface area contributed by atoms with Gasteiger partial charge in [-0.1, -0.05) is 18.2 Å². The molecule has 2 heterocycles. The van der Waals surface area contributed by atoms with Crippen molar-refractivity contribution in [1.82, 2.24) is 14.9 Å². The lowest BCUT2D eigenvalue weighted by atomic mass is 10.0. The summed E-state index contributed by atoms with van der Waals surface area (Å²) in [6.07, 6.45) is -3.94. The summed E-state index contributed by atoms with van der Waals surface area (Å²) in [6.45, 7) is 1.46. The molecule has 162 valence electrons. The van der Waals surface area contributed by atoms with Crippen LogP contribution in [0.3, 0.4) is 0 Å². The van der Waals surface area contributed by atoms with Gasteiger partial charge in [0.1, 0.15) is 17.3 Å². The molecule has 0 fully saturated rings. The quantitative estimate of drug-likeness (QED) is 0.658. The molecule has 0 atom stereocenters. The zero-order chi connectivity index (χ0) is 22.2. The van der Waals surface area contributed by atoms with E-state index < -0.39 is 11.7 Å². The highest BCUT2D eigenvalue weighted by Crippen LogP contribution is 2.31. The van der Waals surface area contributed by atoms with Crippen LogP contribution in [-0.2, 0) is 25.7 Å². The van der Waals surface area contributed by atoms with Crippen molar-refractivity contribution in [2.75, 3.05) is 13.7 Å². The van der Waals surface area contributed by atoms with Crippen LogP contribution in [0.1, 0.15) is 22.4 Å². The summed E-state index contributed by atoms with van der Waals surface area (Å²) in [5, 5.41) is 10.2. The van der Waals surface area contributed by atoms with Crippen molar-refractivity contribution in [2.24, 2.45) is 0 Å². The Labute approximate surface area is 175 Å². The number of aromatic nitrogens is 2. The van der Waals surface area contributed by atoms with Gasteiger partial charge >= 0.3 is 6.18 Å². The average Bonchev–Trinajstić information content (AvgIpc) is 2.74. The lowest BCUT2D eigenvalue weighted by Crippen LogP contribution is -2.35. The summed E-state index contributed by atoms with van der Waals surface area (Å²) in [4.78, 5) is 21.8. The van der Waals surface area contributed by atoms with E-state index in [1.807, 2.05) is 4.90 Å². The number of rotatable bonds is 4. The molecule has 2 N–H and O–H groups in total. The number of nitrogens with zero attached hydrogens (tertiary/aromatic N) is 2. The first kappa shape index (κ1) is 20.9. The van der Waals surface area contributed by atoms with Crippen molar-refractivity contribution in [2.45, 2.75) is 25.7 Å². The molecule has 1 aliphatic rings. The van der Waals surface area contributed by atoms with Crippen LogP contribution in [0.15, 0.2) is 47.3 Å². The van der Waals surface area contributed by atoms with E-state index in [1.165, 1.54) is 19.2 Å². The molecule has 0 saturated carbocycles. The highest BCUT2D eigenvalue weighted by molar-refractivity contribution is 5.56. The minimum Gasteiger partial charge on any atom is -0.507 e. The lowest BCUT2D eigenvalue weighted by molar-refractivity contribution is -0.137. The van der Waals surface area contributed by atoms with Gasteiger partial charge in [-0.05, 0) is 24.6 Å². The molecule has 6 nitrogen and oxygen atoms in total. The first-order valence-corrected chi connectivity index (χ1v) is 9.62. The van der Waals surface area contributed by atoms with Gasteiger partial charge in [0.05, 0.1) is 18.4 Å². The van der Waals surface area contributed by atoms with Crippen molar-refractivity contribution < 1.29 is 23.0 Å². The SMILES string of the molecule is COc1ccc(CN2CCc3c(nc(-c4ccc(C(F)(F)F)cc4)[nH]c3=O)C2)c(O)c1. The lowest BCUT2D eigenvalue weighted by Gasteiger charge is -2.28. The number of fused-ring (bicyclic) bond motifs is 1. The van der Waals surface area contributed by atoms with Crippen LogP contribution < -0.4 is 10.3 Å². The Bertz CT molecular complexity index is 1160.